The number of carboxylic acids is 1. The van der Waals surface area contributed by atoms with Gasteiger partial charge in [-0.25, -0.2) is 4.79 Å². The van der Waals surface area contributed by atoms with Gasteiger partial charge in [-0.05, 0) is 24.6 Å². The molecule has 3 nitrogen and oxygen atoms in total. The molecule has 0 aromatic heterocycles. The third kappa shape index (κ3) is 2.35. The van der Waals surface area contributed by atoms with Gasteiger partial charge in [-0.1, -0.05) is 17.9 Å². The highest BCUT2D eigenvalue weighted by atomic mass is 16.4. The first-order chi connectivity index (χ1) is 6.65. The smallest absolute Gasteiger partial charge is 0.335 e. The molecule has 3 N–H and O–H groups in total. The quantitative estimate of drug-likeness (QED) is 0.648. The van der Waals surface area contributed by atoms with Crippen molar-refractivity contribution in [3.8, 4) is 11.8 Å². The van der Waals surface area contributed by atoms with Gasteiger partial charge in [0.2, 0.25) is 0 Å². The molecule has 14 heavy (non-hydrogen) atoms. The van der Waals surface area contributed by atoms with Crippen LogP contribution in [0.2, 0.25) is 0 Å². The van der Waals surface area contributed by atoms with Crippen LogP contribution in [0.4, 0.5) is 0 Å². The predicted molar refractivity (Wildman–Crippen MR) is 54.1 cm³/mol. The molecule has 3 heteroatoms. The van der Waals surface area contributed by atoms with Gasteiger partial charge in [0.15, 0.2) is 0 Å². The highest BCUT2D eigenvalue weighted by Crippen LogP contribution is 2.10. The molecule has 1 aromatic carbocycles. The molecule has 0 radical (unpaired) electrons. The van der Waals surface area contributed by atoms with Crippen molar-refractivity contribution in [3.05, 3.63) is 34.9 Å². The lowest BCUT2D eigenvalue weighted by molar-refractivity contribution is 0.0696. The Hall–Kier alpha value is -1.79. The average Bonchev–Trinajstić information content (AvgIpc) is 2.16. The first-order valence-corrected chi connectivity index (χ1v) is 4.18. The largest absolute Gasteiger partial charge is 0.478 e. The predicted octanol–water partition coefficient (Wildman–Crippen LogP) is 1.00. The topological polar surface area (TPSA) is 63.3 Å². The monoisotopic (exact) mass is 189 g/mol. The zero-order valence-corrected chi connectivity index (χ0v) is 7.87. The number of carboxylic acid groups (broad SMARTS) is 1. The molecule has 0 aliphatic heterocycles. The number of aromatic carboxylic acids is 1. The van der Waals surface area contributed by atoms with Crippen molar-refractivity contribution in [1.82, 2.24) is 0 Å². The van der Waals surface area contributed by atoms with Crippen molar-refractivity contribution in [3.63, 3.8) is 0 Å². The Morgan fingerprint density at radius 1 is 1.57 bits per heavy atom. The molecule has 0 heterocycles. The lowest BCUT2D eigenvalue weighted by Crippen LogP contribution is -2.00. The van der Waals surface area contributed by atoms with Crippen molar-refractivity contribution in [2.75, 3.05) is 6.54 Å². The van der Waals surface area contributed by atoms with Gasteiger partial charge >= 0.3 is 5.97 Å². The fourth-order valence-electron chi connectivity index (χ4n) is 1.08. The minimum absolute atomic E-state index is 0.274. The highest BCUT2D eigenvalue weighted by Gasteiger charge is 2.06. The van der Waals surface area contributed by atoms with Crippen LogP contribution in [0, 0.1) is 18.8 Å². The van der Waals surface area contributed by atoms with Gasteiger partial charge in [0.05, 0.1) is 12.1 Å². The van der Waals surface area contributed by atoms with Crippen LogP contribution in [-0.4, -0.2) is 17.6 Å². The summed E-state index contributed by atoms with van der Waals surface area (Å²) in [4.78, 5) is 10.8. The number of benzene rings is 1. The standard InChI is InChI=1S/C11H11NO2/c1-8-4-5-9(3-2-6-12)7-10(8)11(13)14/h4-5,7H,6,12H2,1H3,(H,13,14). The minimum Gasteiger partial charge on any atom is -0.478 e. The van der Waals surface area contributed by atoms with Gasteiger partial charge in [-0.2, -0.15) is 0 Å². The highest BCUT2D eigenvalue weighted by molar-refractivity contribution is 5.89. The second-order valence-corrected chi connectivity index (χ2v) is 2.84. The van der Waals surface area contributed by atoms with E-state index >= 15 is 0 Å². The van der Waals surface area contributed by atoms with Crippen LogP contribution in [0.5, 0.6) is 0 Å². The van der Waals surface area contributed by atoms with Crippen LogP contribution in [-0.2, 0) is 0 Å². The maximum Gasteiger partial charge on any atom is 0.335 e. The van der Waals surface area contributed by atoms with Crippen LogP contribution in [0.3, 0.4) is 0 Å². The molecule has 0 saturated carbocycles. The van der Waals surface area contributed by atoms with Gasteiger partial charge < -0.3 is 10.8 Å². The molecule has 0 atom stereocenters. The Morgan fingerprint density at radius 3 is 2.86 bits per heavy atom. The Balaban J connectivity index is 3.13. The molecular weight excluding hydrogens is 178 g/mol. The van der Waals surface area contributed by atoms with Gasteiger partial charge in [0, 0.05) is 5.56 Å². The van der Waals surface area contributed by atoms with E-state index in [1.54, 1.807) is 25.1 Å². The first-order valence-electron chi connectivity index (χ1n) is 4.18. The Labute approximate surface area is 82.6 Å². The van der Waals surface area contributed by atoms with E-state index in [0.29, 0.717) is 5.56 Å². The lowest BCUT2D eigenvalue weighted by atomic mass is 10.1. The lowest BCUT2D eigenvalue weighted by Gasteiger charge is -2.00. The van der Waals surface area contributed by atoms with E-state index in [-0.39, 0.29) is 12.1 Å². The Bertz CT molecular complexity index is 413. The second kappa shape index (κ2) is 4.45. The number of hydrogen-bond donors (Lipinski definition) is 2. The minimum atomic E-state index is -0.932. The van der Waals surface area contributed by atoms with Crippen molar-refractivity contribution in [2.24, 2.45) is 5.73 Å². The maximum absolute atomic E-state index is 10.8. The summed E-state index contributed by atoms with van der Waals surface area (Å²) in [7, 11) is 0. The molecule has 0 aliphatic rings. The molecule has 0 spiro atoms. The van der Waals surface area contributed by atoms with Crippen molar-refractivity contribution in [2.45, 2.75) is 6.92 Å². The van der Waals surface area contributed by atoms with E-state index in [1.807, 2.05) is 0 Å². The van der Waals surface area contributed by atoms with Crippen LogP contribution < -0.4 is 5.73 Å². The van der Waals surface area contributed by atoms with E-state index in [2.05, 4.69) is 11.8 Å². The fraction of sp³-hybridized carbons (Fsp3) is 0.182. The zero-order chi connectivity index (χ0) is 10.6. The summed E-state index contributed by atoms with van der Waals surface area (Å²) in [5.74, 6) is 4.53. The third-order valence-corrected chi connectivity index (χ3v) is 1.80. The summed E-state index contributed by atoms with van der Waals surface area (Å²) in [5, 5.41) is 8.84. The molecule has 0 fully saturated rings. The van der Waals surface area contributed by atoms with Crippen molar-refractivity contribution < 1.29 is 9.90 Å². The SMILES string of the molecule is Cc1ccc(C#CCN)cc1C(=O)O. The summed E-state index contributed by atoms with van der Waals surface area (Å²) in [6, 6.07) is 5.08. The summed E-state index contributed by atoms with van der Waals surface area (Å²) < 4.78 is 0. The van der Waals surface area contributed by atoms with E-state index in [1.165, 1.54) is 0 Å². The van der Waals surface area contributed by atoms with Gasteiger partial charge in [0.1, 0.15) is 0 Å². The zero-order valence-electron chi connectivity index (χ0n) is 7.87. The molecule has 0 saturated heterocycles. The third-order valence-electron chi connectivity index (χ3n) is 1.80. The molecule has 0 bridgehead atoms. The van der Waals surface area contributed by atoms with E-state index in [0.717, 1.165) is 5.56 Å². The van der Waals surface area contributed by atoms with Crippen LogP contribution >= 0.6 is 0 Å². The molecule has 0 aliphatic carbocycles. The normalized spacial score (nSPS) is 9.00. The van der Waals surface area contributed by atoms with Crippen molar-refractivity contribution in [1.29, 1.82) is 0 Å². The Kier molecular flexibility index (Phi) is 3.27. The summed E-state index contributed by atoms with van der Waals surface area (Å²) in [6.45, 7) is 2.03. The molecule has 0 amide bonds. The second-order valence-electron chi connectivity index (χ2n) is 2.84. The van der Waals surface area contributed by atoms with Gasteiger partial charge in [-0.3, -0.25) is 0 Å². The van der Waals surface area contributed by atoms with Crippen LogP contribution in [0.25, 0.3) is 0 Å². The summed E-state index contributed by atoms with van der Waals surface area (Å²) in [5.41, 5.74) is 6.91. The molecule has 72 valence electrons. The number of nitrogens with two attached hydrogens (primary N) is 1. The van der Waals surface area contributed by atoms with Gasteiger partial charge in [0.25, 0.3) is 0 Å². The van der Waals surface area contributed by atoms with Crippen molar-refractivity contribution >= 4 is 5.97 Å². The van der Waals surface area contributed by atoms with Crippen LogP contribution in [0.15, 0.2) is 18.2 Å². The molecule has 1 aromatic rings. The van der Waals surface area contributed by atoms with Crippen LogP contribution in [0.1, 0.15) is 21.5 Å². The van der Waals surface area contributed by atoms with E-state index < -0.39 is 5.97 Å². The molecule has 1 rings (SSSR count). The fourth-order valence-corrected chi connectivity index (χ4v) is 1.08. The first kappa shape index (κ1) is 10.3. The Morgan fingerprint density at radius 2 is 2.29 bits per heavy atom. The average molecular weight is 189 g/mol. The number of hydrogen-bond acceptors (Lipinski definition) is 2. The number of carbonyl (C=O) groups is 1. The summed E-state index contributed by atoms with van der Waals surface area (Å²) >= 11 is 0. The number of rotatable bonds is 1. The maximum atomic E-state index is 10.8. The van der Waals surface area contributed by atoms with E-state index in [4.69, 9.17) is 10.8 Å². The van der Waals surface area contributed by atoms with E-state index in [9.17, 15) is 4.79 Å². The molecular formula is C11H11NO2. The summed E-state index contributed by atoms with van der Waals surface area (Å²) in [6.07, 6.45) is 0. The van der Waals surface area contributed by atoms with Gasteiger partial charge in [-0.15, -0.1) is 0 Å². The number of aryl methyl sites for hydroxylation is 1. The molecule has 0 unspecified atom stereocenters.